The summed E-state index contributed by atoms with van der Waals surface area (Å²) in [5.74, 6) is -0.463. The number of amides is 1. The molecule has 0 aliphatic rings. The van der Waals surface area contributed by atoms with E-state index in [1.165, 1.54) is 0 Å². The number of ether oxygens (including phenoxy) is 1. The zero-order valence-corrected chi connectivity index (χ0v) is 16.1. The molecular weight excluding hydrogens is 344 g/mol. The molecule has 2 aromatic carbocycles. The molecule has 27 heavy (non-hydrogen) atoms. The summed E-state index contributed by atoms with van der Waals surface area (Å²) >= 11 is 0. The molecule has 0 unspecified atom stereocenters. The Morgan fingerprint density at radius 2 is 1.74 bits per heavy atom. The second kappa shape index (κ2) is 8.58. The molecule has 0 aromatic heterocycles. The molecule has 0 saturated carbocycles. The highest BCUT2D eigenvalue weighted by atomic mass is 16.5. The number of carboxylic acid groups (broad SMARTS) is 1. The highest BCUT2D eigenvalue weighted by Crippen LogP contribution is 2.19. The third kappa shape index (κ3) is 6.66. The van der Waals surface area contributed by atoms with Gasteiger partial charge in [-0.3, -0.25) is 4.79 Å². The van der Waals surface area contributed by atoms with Gasteiger partial charge in [0.25, 0.3) is 5.91 Å². The van der Waals surface area contributed by atoms with Crippen molar-refractivity contribution in [2.24, 2.45) is 0 Å². The topological polar surface area (TPSA) is 87.7 Å². The maximum Gasteiger partial charge on any atom is 0.335 e. The van der Waals surface area contributed by atoms with Crippen molar-refractivity contribution in [1.82, 2.24) is 5.32 Å². The number of rotatable bonds is 7. The molecule has 6 heteroatoms. The number of hydrogen-bond donors (Lipinski definition) is 3. The summed E-state index contributed by atoms with van der Waals surface area (Å²) < 4.78 is 5.50. The number of hydrogen-bond acceptors (Lipinski definition) is 4. The van der Waals surface area contributed by atoms with E-state index in [1.54, 1.807) is 18.2 Å². The molecule has 0 atom stereocenters. The zero-order valence-electron chi connectivity index (χ0n) is 16.1. The third-order valence-corrected chi connectivity index (χ3v) is 3.76. The van der Waals surface area contributed by atoms with Crippen LogP contribution in [0.15, 0.2) is 42.5 Å². The second-order valence-corrected chi connectivity index (χ2v) is 7.42. The van der Waals surface area contributed by atoms with Crippen LogP contribution < -0.4 is 15.4 Å². The summed E-state index contributed by atoms with van der Waals surface area (Å²) in [5.41, 5.74) is 2.80. The highest BCUT2D eigenvalue weighted by molar-refractivity contribution is 5.88. The molecule has 1 amide bonds. The Morgan fingerprint density at radius 3 is 2.30 bits per heavy atom. The number of aromatic carboxylic acids is 1. The van der Waals surface area contributed by atoms with Crippen molar-refractivity contribution in [2.75, 3.05) is 11.9 Å². The minimum absolute atomic E-state index is 0.0238. The van der Waals surface area contributed by atoms with Gasteiger partial charge in [-0.05, 0) is 69.2 Å². The molecule has 2 aromatic rings. The van der Waals surface area contributed by atoms with Crippen LogP contribution in [0, 0.1) is 6.92 Å². The summed E-state index contributed by atoms with van der Waals surface area (Å²) in [7, 11) is 0. The Kier molecular flexibility index (Phi) is 6.45. The minimum atomic E-state index is -0.934. The van der Waals surface area contributed by atoms with Crippen molar-refractivity contribution in [3.8, 4) is 5.75 Å². The van der Waals surface area contributed by atoms with Crippen LogP contribution >= 0.6 is 0 Å². The Hall–Kier alpha value is -3.02. The van der Waals surface area contributed by atoms with Crippen LogP contribution in [0.25, 0.3) is 0 Å². The molecule has 0 spiro atoms. The monoisotopic (exact) mass is 370 g/mol. The first-order valence-corrected chi connectivity index (χ1v) is 8.74. The van der Waals surface area contributed by atoms with Gasteiger partial charge in [0.05, 0.1) is 5.56 Å². The number of carbonyl (C=O) groups is 2. The average molecular weight is 370 g/mol. The van der Waals surface area contributed by atoms with Gasteiger partial charge in [-0.15, -0.1) is 0 Å². The number of nitrogens with one attached hydrogen (secondary N) is 2. The minimum Gasteiger partial charge on any atom is -0.484 e. The predicted octanol–water partition coefficient (Wildman–Crippen LogP) is 3.60. The van der Waals surface area contributed by atoms with Gasteiger partial charge in [-0.2, -0.15) is 0 Å². The van der Waals surface area contributed by atoms with Gasteiger partial charge in [0.15, 0.2) is 6.61 Å². The van der Waals surface area contributed by atoms with Crippen molar-refractivity contribution in [3.05, 3.63) is 59.2 Å². The summed E-state index contributed by atoms with van der Waals surface area (Å²) in [4.78, 5) is 22.8. The van der Waals surface area contributed by atoms with Gasteiger partial charge in [-0.1, -0.05) is 12.1 Å². The second-order valence-electron chi connectivity index (χ2n) is 7.42. The van der Waals surface area contributed by atoms with Crippen molar-refractivity contribution >= 4 is 17.6 Å². The third-order valence-electron chi connectivity index (χ3n) is 3.76. The number of anilines is 1. The SMILES string of the molecule is Cc1cc(C(=O)O)ccc1NCc1ccc(OCC(=O)NC(C)(C)C)cc1. The fourth-order valence-electron chi connectivity index (χ4n) is 2.50. The first-order valence-electron chi connectivity index (χ1n) is 8.74. The van der Waals surface area contributed by atoms with E-state index in [-0.39, 0.29) is 23.6 Å². The van der Waals surface area contributed by atoms with E-state index in [4.69, 9.17) is 9.84 Å². The lowest BCUT2D eigenvalue weighted by Gasteiger charge is -2.20. The molecule has 0 aliphatic heterocycles. The van der Waals surface area contributed by atoms with Crippen LogP contribution in [0.4, 0.5) is 5.69 Å². The molecule has 0 aliphatic carbocycles. The molecular formula is C21H26N2O4. The summed E-state index contributed by atoms with van der Waals surface area (Å²) in [5, 5.41) is 15.1. The Bertz CT molecular complexity index is 808. The van der Waals surface area contributed by atoms with Crippen LogP contribution in [0.2, 0.25) is 0 Å². The summed E-state index contributed by atoms with van der Waals surface area (Å²) in [6.45, 7) is 8.20. The average Bonchev–Trinajstić information content (AvgIpc) is 2.58. The van der Waals surface area contributed by atoms with E-state index < -0.39 is 5.97 Å². The van der Waals surface area contributed by atoms with Crippen LogP contribution in [-0.2, 0) is 11.3 Å². The lowest BCUT2D eigenvalue weighted by molar-refractivity contribution is -0.124. The van der Waals surface area contributed by atoms with Crippen LogP contribution in [0.5, 0.6) is 5.75 Å². The maximum atomic E-state index is 11.8. The van der Waals surface area contributed by atoms with Crippen molar-refractivity contribution in [2.45, 2.75) is 39.8 Å². The van der Waals surface area contributed by atoms with Gasteiger partial charge >= 0.3 is 5.97 Å². The first-order chi connectivity index (χ1) is 12.6. The van der Waals surface area contributed by atoms with Gasteiger partial charge < -0.3 is 20.5 Å². The standard InChI is InChI=1S/C21H26N2O4/c1-14-11-16(20(25)26)7-10-18(14)22-12-15-5-8-17(9-6-15)27-13-19(24)23-21(2,3)4/h5-11,22H,12-13H2,1-4H3,(H,23,24)(H,25,26). The molecule has 3 N–H and O–H groups in total. The van der Waals surface area contributed by atoms with Crippen LogP contribution in [0.1, 0.15) is 42.3 Å². The molecule has 6 nitrogen and oxygen atoms in total. The van der Waals surface area contributed by atoms with Crippen molar-refractivity contribution < 1.29 is 19.4 Å². The molecule has 144 valence electrons. The molecule has 0 saturated heterocycles. The Balaban J connectivity index is 1.87. The first kappa shape index (κ1) is 20.3. The summed E-state index contributed by atoms with van der Waals surface area (Å²) in [6.07, 6.45) is 0. The Labute approximate surface area is 159 Å². The van der Waals surface area contributed by atoms with Gasteiger partial charge in [0.2, 0.25) is 0 Å². The Morgan fingerprint density at radius 1 is 1.07 bits per heavy atom. The number of benzene rings is 2. The molecule has 2 rings (SSSR count). The highest BCUT2D eigenvalue weighted by Gasteiger charge is 2.13. The van der Waals surface area contributed by atoms with Crippen molar-refractivity contribution in [1.29, 1.82) is 0 Å². The van der Waals surface area contributed by atoms with Crippen LogP contribution in [0.3, 0.4) is 0 Å². The van der Waals surface area contributed by atoms with E-state index in [0.717, 1.165) is 16.8 Å². The molecule has 0 heterocycles. The number of aryl methyl sites for hydroxylation is 1. The van der Waals surface area contributed by atoms with E-state index in [1.807, 2.05) is 52.0 Å². The molecule has 0 radical (unpaired) electrons. The molecule has 0 fully saturated rings. The zero-order chi connectivity index (χ0) is 20.0. The number of carbonyl (C=O) groups excluding carboxylic acids is 1. The number of carboxylic acids is 1. The van der Waals surface area contributed by atoms with Crippen LogP contribution in [-0.4, -0.2) is 29.1 Å². The fourth-order valence-corrected chi connectivity index (χ4v) is 2.50. The smallest absolute Gasteiger partial charge is 0.335 e. The normalized spacial score (nSPS) is 11.0. The van der Waals surface area contributed by atoms with E-state index in [0.29, 0.717) is 12.3 Å². The van der Waals surface area contributed by atoms with E-state index in [2.05, 4.69) is 10.6 Å². The van der Waals surface area contributed by atoms with Gasteiger partial charge in [-0.25, -0.2) is 4.79 Å². The quantitative estimate of drug-likeness (QED) is 0.693. The van der Waals surface area contributed by atoms with E-state index in [9.17, 15) is 9.59 Å². The molecule has 0 bridgehead atoms. The largest absolute Gasteiger partial charge is 0.484 e. The lowest BCUT2D eigenvalue weighted by Crippen LogP contribution is -2.43. The summed E-state index contributed by atoms with van der Waals surface area (Å²) in [6, 6.07) is 12.5. The predicted molar refractivity (Wildman–Crippen MR) is 105 cm³/mol. The van der Waals surface area contributed by atoms with E-state index >= 15 is 0 Å². The maximum absolute atomic E-state index is 11.8. The van der Waals surface area contributed by atoms with Gasteiger partial charge in [0.1, 0.15) is 5.75 Å². The van der Waals surface area contributed by atoms with Crippen molar-refractivity contribution in [3.63, 3.8) is 0 Å². The fraction of sp³-hybridized carbons (Fsp3) is 0.333. The van der Waals surface area contributed by atoms with Gasteiger partial charge in [0, 0.05) is 17.8 Å². The lowest BCUT2D eigenvalue weighted by atomic mass is 10.1.